The van der Waals surface area contributed by atoms with Gasteiger partial charge >= 0.3 is 0 Å². The maximum Gasteiger partial charge on any atom is 0.0241 e. The molecule has 0 radical (unpaired) electrons. The molecule has 94 valence electrons. The number of nitrogens with one attached hydrogen (secondary N) is 1. The van der Waals surface area contributed by atoms with Crippen molar-refractivity contribution in [1.29, 1.82) is 0 Å². The van der Waals surface area contributed by atoms with Gasteiger partial charge in [-0.2, -0.15) is 0 Å². The summed E-state index contributed by atoms with van der Waals surface area (Å²) in [5.41, 5.74) is 1.61. The van der Waals surface area contributed by atoms with Crippen molar-refractivity contribution in [1.82, 2.24) is 10.2 Å². The van der Waals surface area contributed by atoms with Crippen molar-refractivity contribution in [3.05, 3.63) is 21.4 Å². The fourth-order valence-corrected chi connectivity index (χ4v) is 4.41. The van der Waals surface area contributed by atoms with Crippen molar-refractivity contribution in [2.75, 3.05) is 26.7 Å². The van der Waals surface area contributed by atoms with Gasteiger partial charge in [-0.25, -0.2) is 0 Å². The second kappa shape index (κ2) is 5.09. The average Bonchev–Trinajstić information content (AvgIpc) is 2.66. The topological polar surface area (TPSA) is 15.3 Å². The van der Waals surface area contributed by atoms with Crippen LogP contribution in [0.4, 0.5) is 0 Å². The van der Waals surface area contributed by atoms with Crippen LogP contribution in [0.25, 0.3) is 0 Å². The lowest BCUT2D eigenvalue weighted by atomic mass is 9.96. The molecule has 2 aliphatic heterocycles. The van der Waals surface area contributed by atoms with Gasteiger partial charge in [0.15, 0.2) is 0 Å². The minimum atomic E-state index is 0.832. The number of aryl methyl sites for hydroxylation is 1. The molecular weight excluding hydrogens is 228 g/mol. The normalized spacial score (nSPS) is 23.4. The van der Waals surface area contributed by atoms with Crippen molar-refractivity contribution in [3.63, 3.8) is 0 Å². The van der Waals surface area contributed by atoms with Crippen molar-refractivity contribution in [2.45, 2.75) is 38.1 Å². The Balaban J connectivity index is 1.80. The van der Waals surface area contributed by atoms with Crippen LogP contribution in [0, 0.1) is 0 Å². The van der Waals surface area contributed by atoms with E-state index in [1.54, 1.807) is 15.3 Å². The second-order valence-electron chi connectivity index (χ2n) is 5.46. The highest BCUT2D eigenvalue weighted by Crippen LogP contribution is 2.35. The quantitative estimate of drug-likeness (QED) is 0.824. The predicted molar refractivity (Wildman–Crippen MR) is 73.8 cm³/mol. The molecule has 3 heteroatoms. The summed E-state index contributed by atoms with van der Waals surface area (Å²) in [6.07, 6.45) is 5.29. The van der Waals surface area contributed by atoms with E-state index >= 15 is 0 Å². The van der Waals surface area contributed by atoms with E-state index in [1.165, 1.54) is 45.3 Å². The summed E-state index contributed by atoms with van der Waals surface area (Å²) in [6.45, 7) is 4.82. The summed E-state index contributed by atoms with van der Waals surface area (Å²) >= 11 is 2.10. The molecule has 1 aromatic rings. The van der Waals surface area contributed by atoms with E-state index in [0.29, 0.717) is 0 Å². The number of piperidine rings is 1. The molecule has 0 amide bonds. The third kappa shape index (κ3) is 2.56. The van der Waals surface area contributed by atoms with Gasteiger partial charge < -0.3 is 10.2 Å². The van der Waals surface area contributed by atoms with Crippen molar-refractivity contribution < 1.29 is 0 Å². The average molecular weight is 250 g/mol. The number of hydrogen-bond acceptors (Lipinski definition) is 3. The molecule has 1 N–H and O–H groups in total. The molecule has 0 bridgehead atoms. The molecule has 0 spiro atoms. The fraction of sp³-hybridized carbons (Fsp3) is 0.714. The summed E-state index contributed by atoms with van der Waals surface area (Å²) in [7, 11) is 2.25. The van der Waals surface area contributed by atoms with Crippen LogP contribution in [0.5, 0.6) is 0 Å². The van der Waals surface area contributed by atoms with Gasteiger partial charge in [-0.05, 0) is 69.9 Å². The molecule has 1 aromatic heterocycles. The lowest BCUT2D eigenvalue weighted by Gasteiger charge is -2.21. The number of thiophene rings is 1. The molecule has 0 aliphatic carbocycles. The monoisotopic (exact) mass is 250 g/mol. The Labute approximate surface area is 108 Å². The minimum absolute atomic E-state index is 0.832. The van der Waals surface area contributed by atoms with E-state index in [9.17, 15) is 0 Å². The lowest BCUT2D eigenvalue weighted by Crippen LogP contribution is -2.26. The third-order valence-electron chi connectivity index (χ3n) is 4.04. The van der Waals surface area contributed by atoms with E-state index in [4.69, 9.17) is 0 Å². The Morgan fingerprint density at radius 3 is 3.00 bits per heavy atom. The maximum absolute atomic E-state index is 3.46. The molecule has 1 saturated heterocycles. The standard InChI is InChI=1S/C14H22N2S/c1-16-8-2-3-13-12(10-16)9-14(17-13)11-4-6-15-7-5-11/h9,11,15H,2-8,10H2,1H3. The van der Waals surface area contributed by atoms with Gasteiger partial charge in [0.25, 0.3) is 0 Å². The molecule has 3 heterocycles. The number of rotatable bonds is 1. The van der Waals surface area contributed by atoms with Crippen molar-refractivity contribution in [3.8, 4) is 0 Å². The molecule has 1 fully saturated rings. The first-order chi connectivity index (χ1) is 8.33. The molecule has 2 aliphatic rings. The van der Waals surface area contributed by atoms with Crippen LogP contribution >= 0.6 is 11.3 Å². The van der Waals surface area contributed by atoms with Crippen LogP contribution in [0.2, 0.25) is 0 Å². The first-order valence-electron chi connectivity index (χ1n) is 6.83. The third-order valence-corrected chi connectivity index (χ3v) is 5.44. The number of fused-ring (bicyclic) bond motifs is 1. The Morgan fingerprint density at radius 1 is 1.35 bits per heavy atom. The van der Waals surface area contributed by atoms with E-state index in [2.05, 4.69) is 34.7 Å². The van der Waals surface area contributed by atoms with Crippen LogP contribution in [-0.4, -0.2) is 31.6 Å². The van der Waals surface area contributed by atoms with Crippen LogP contribution in [0.15, 0.2) is 6.07 Å². The second-order valence-corrected chi connectivity index (χ2v) is 6.63. The molecule has 0 unspecified atom stereocenters. The molecule has 2 nitrogen and oxygen atoms in total. The zero-order valence-electron chi connectivity index (χ0n) is 10.7. The van der Waals surface area contributed by atoms with Gasteiger partial charge in [-0.3, -0.25) is 0 Å². The fourth-order valence-electron chi connectivity index (χ4n) is 3.02. The molecule has 3 rings (SSSR count). The highest BCUT2D eigenvalue weighted by atomic mass is 32.1. The van der Waals surface area contributed by atoms with Crippen molar-refractivity contribution in [2.24, 2.45) is 0 Å². The molecular formula is C14H22N2S. The lowest BCUT2D eigenvalue weighted by molar-refractivity contribution is 0.332. The summed E-state index contributed by atoms with van der Waals surface area (Å²) in [5.74, 6) is 0.832. The van der Waals surface area contributed by atoms with E-state index in [-0.39, 0.29) is 0 Å². The van der Waals surface area contributed by atoms with Gasteiger partial charge in [0.05, 0.1) is 0 Å². The molecule has 0 saturated carbocycles. The molecule has 0 atom stereocenters. The predicted octanol–water partition coefficient (Wildman–Crippen LogP) is 2.59. The number of nitrogens with zero attached hydrogens (tertiary/aromatic N) is 1. The van der Waals surface area contributed by atoms with Gasteiger partial charge in [-0.1, -0.05) is 0 Å². The molecule has 0 aromatic carbocycles. The van der Waals surface area contributed by atoms with Gasteiger partial charge in [0.2, 0.25) is 0 Å². The largest absolute Gasteiger partial charge is 0.317 e. The van der Waals surface area contributed by atoms with E-state index < -0.39 is 0 Å². The summed E-state index contributed by atoms with van der Waals surface area (Å²) < 4.78 is 0. The van der Waals surface area contributed by atoms with Gasteiger partial charge in [0.1, 0.15) is 0 Å². The smallest absolute Gasteiger partial charge is 0.0241 e. The van der Waals surface area contributed by atoms with Gasteiger partial charge in [0, 0.05) is 16.3 Å². The van der Waals surface area contributed by atoms with Crippen LogP contribution in [0.1, 0.15) is 40.5 Å². The van der Waals surface area contributed by atoms with Gasteiger partial charge in [-0.15, -0.1) is 11.3 Å². The zero-order chi connectivity index (χ0) is 11.7. The Morgan fingerprint density at radius 2 is 2.18 bits per heavy atom. The van der Waals surface area contributed by atoms with Crippen molar-refractivity contribution >= 4 is 11.3 Å². The highest BCUT2D eigenvalue weighted by Gasteiger charge is 2.21. The number of hydrogen-bond donors (Lipinski definition) is 1. The minimum Gasteiger partial charge on any atom is -0.317 e. The highest BCUT2D eigenvalue weighted by molar-refractivity contribution is 7.12. The van der Waals surface area contributed by atoms with E-state index in [0.717, 1.165) is 12.5 Å². The van der Waals surface area contributed by atoms with Crippen LogP contribution in [-0.2, 0) is 13.0 Å². The summed E-state index contributed by atoms with van der Waals surface area (Å²) in [5, 5.41) is 3.46. The Kier molecular flexibility index (Phi) is 3.50. The van der Waals surface area contributed by atoms with E-state index in [1.807, 2.05) is 0 Å². The first-order valence-corrected chi connectivity index (χ1v) is 7.65. The Bertz CT molecular complexity index is 380. The van der Waals surface area contributed by atoms with Crippen LogP contribution < -0.4 is 5.32 Å². The summed E-state index contributed by atoms with van der Waals surface area (Å²) in [4.78, 5) is 5.79. The molecule has 17 heavy (non-hydrogen) atoms. The Hall–Kier alpha value is -0.380. The SMILES string of the molecule is CN1CCCc2sc(C3CCNCC3)cc2C1. The maximum atomic E-state index is 3.46. The van der Waals surface area contributed by atoms with Crippen LogP contribution in [0.3, 0.4) is 0 Å². The zero-order valence-corrected chi connectivity index (χ0v) is 11.5. The first kappa shape index (κ1) is 11.7. The summed E-state index contributed by atoms with van der Waals surface area (Å²) in [6, 6.07) is 2.51.